The lowest BCUT2D eigenvalue weighted by atomic mass is 9.95. The number of benzene rings is 1. The number of halogens is 2. The van der Waals surface area contributed by atoms with Crippen LogP contribution in [-0.2, 0) is 4.79 Å². The maximum atomic E-state index is 10.9. The Morgan fingerprint density at radius 3 is 2.60 bits per heavy atom. The van der Waals surface area contributed by atoms with E-state index in [1.54, 1.807) is 12.1 Å². The molecule has 1 nitrogen and oxygen atoms in total. The molecule has 0 aliphatic carbocycles. The van der Waals surface area contributed by atoms with Gasteiger partial charge in [0, 0.05) is 5.92 Å². The third-order valence-electron chi connectivity index (χ3n) is 2.40. The Morgan fingerprint density at radius 1 is 1.33 bits per heavy atom. The molecule has 3 heteroatoms. The molecule has 0 saturated heterocycles. The molecule has 0 aliphatic heterocycles. The van der Waals surface area contributed by atoms with Gasteiger partial charge < -0.3 is 4.79 Å². The van der Waals surface area contributed by atoms with Crippen molar-refractivity contribution in [2.45, 2.75) is 32.1 Å². The molecule has 0 N–H and O–H groups in total. The van der Waals surface area contributed by atoms with E-state index in [1.165, 1.54) is 0 Å². The molecular weight excluding hydrogens is 231 g/mol. The molecule has 0 spiro atoms. The highest BCUT2D eigenvalue weighted by Crippen LogP contribution is 2.27. The number of rotatable bonds is 5. The van der Waals surface area contributed by atoms with Crippen molar-refractivity contribution in [1.82, 2.24) is 0 Å². The first-order valence-electron chi connectivity index (χ1n) is 5.09. The molecule has 0 heterocycles. The van der Waals surface area contributed by atoms with Crippen LogP contribution in [0.25, 0.3) is 0 Å². The number of unbranched alkanes of at least 4 members (excludes halogenated alkanes) is 1. The average Bonchev–Trinajstić information content (AvgIpc) is 2.24. The van der Waals surface area contributed by atoms with Gasteiger partial charge in [0.25, 0.3) is 0 Å². The number of carbonyl (C=O) groups is 1. The van der Waals surface area contributed by atoms with Crippen molar-refractivity contribution in [2.75, 3.05) is 0 Å². The van der Waals surface area contributed by atoms with E-state index < -0.39 is 0 Å². The smallest absolute Gasteiger partial charge is 0.127 e. The highest BCUT2D eigenvalue weighted by molar-refractivity contribution is 6.42. The predicted molar refractivity (Wildman–Crippen MR) is 64.8 cm³/mol. The fourth-order valence-electron chi connectivity index (χ4n) is 1.48. The number of hydrogen-bond acceptors (Lipinski definition) is 1. The summed E-state index contributed by atoms with van der Waals surface area (Å²) in [5.41, 5.74) is 0.952. The maximum absolute atomic E-state index is 10.9. The fourth-order valence-corrected chi connectivity index (χ4v) is 1.79. The Balaban J connectivity index is 2.82. The quantitative estimate of drug-likeness (QED) is 0.699. The van der Waals surface area contributed by atoms with E-state index in [0.29, 0.717) is 10.0 Å². The third kappa shape index (κ3) is 3.51. The van der Waals surface area contributed by atoms with Crippen molar-refractivity contribution in [3.63, 3.8) is 0 Å². The topological polar surface area (TPSA) is 17.1 Å². The number of carbonyl (C=O) groups excluding carboxylic acids is 1. The van der Waals surface area contributed by atoms with E-state index in [2.05, 4.69) is 6.92 Å². The predicted octanol–water partition coefficient (Wildman–Crippen LogP) is 4.47. The van der Waals surface area contributed by atoms with Gasteiger partial charge in [-0.05, 0) is 24.1 Å². The van der Waals surface area contributed by atoms with Gasteiger partial charge in [-0.2, -0.15) is 0 Å². The molecule has 0 aromatic heterocycles. The lowest BCUT2D eigenvalue weighted by molar-refractivity contribution is -0.109. The van der Waals surface area contributed by atoms with Crippen LogP contribution in [0.3, 0.4) is 0 Å². The highest BCUT2D eigenvalue weighted by Gasteiger charge is 2.11. The van der Waals surface area contributed by atoms with Crippen LogP contribution in [0.1, 0.15) is 37.7 Å². The molecule has 0 bridgehead atoms. The van der Waals surface area contributed by atoms with E-state index in [-0.39, 0.29) is 5.92 Å². The minimum absolute atomic E-state index is 0.0558. The van der Waals surface area contributed by atoms with Gasteiger partial charge in [-0.3, -0.25) is 0 Å². The average molecular weight is 245 g/mol. The number of aldehydes is 1. The van der Waals surface area contributed by atoms with E-state index in [0.717, 1.165) is 31.1 Å². The monoisotopic (exact) mass is 244 g/mol. The molecule has 1 aromatic carbocycles. The van der Waals surface area contributed by atoms with Crippen LogP contribution >= 0.6 is 23.2 Å². The van der Waals surface area contributed by atoms with Crippen LogP contribution in [0.4, 0.5) is 0 Å². The Morgan fingerprint density at radius 2 is 2.07 bits per heavy atom. The summed E-state index contributed by atoms with van der Waals surface area (Å²) in [6.07, 6.45) is 3.99. The molecule has 1 rings (SSSR count). The molecule has 0 radical (unpaired) electrons. The summed E-state index contributed by atoms with van der Waals surface area (Å²) in [7, 11) is 0. The molecule has 1 unspecified atom stereocenters. The summed E-state index contributed by atoms with van der Waals surface area (Å²) in [4.78, 5) is 10.9. The summed E-state index contributed by atoms with van der Waals surface area (Å²) in [5, 5.41) is 1.04. The van der Waals surface area contributed by atoms with Gasteiger partial charge >= 0.3 is 0 Å². The zero-order valence-corrected chi connectivity index (χ0v) is 10.2. The minimum Gasteiger partial charge on any atom is -0.303 e. The molecule has 0 amide bonds. The lowest BCUT2D eigenvalue weighted by Crippen LogP contribution is -2.00. The Kier molecular flexibility index (Phi) is 5.13. The van der Waals surface area contributed by atoms with Gasteiger partial charge in [-0.1, -0.05) is 49.0 Å². The second kappa shape index (κ2) is 6.14. The minimum atomic E-state index is -0.0558. The largest absolute Gasteiger partial charge is 0.303 e. The molecule has 0 saturated carbocycles. The molecule has 15 heavy (non-hydrogen) atoms. The second-order valence-electron chi connectivity index (χ2n) is 3.56. The molecule has 82 valence electrons. The molecular formula is C12H14Cl2O. The summed E-state index contributed by atoms with van der Waals surface area (Å²) >= 11 is 11.7. The maximum Gasteiger partial charge on any atom is 0.127 e. The Bertz CT molecular complexity index is 336. The van der Waals surface area contributed by atoms with Gasteiger partial charge in [0.2, 0.25) is 0 Å². The van der Waals surface area contributed by atoms with Crippen LogP contribution in [-0.4, -0.2) is 6.29 Å². The van der Waals surface area contributed by atoms with Crippen molar-refractivity contribution in [3.05, 3.63) is 33.8 Å². The van der Waals surface area contributed by atoms with Crippen LogP contribution in [0.5, 0.6) is 0 Å². The SMILES string of the molecule is CCCCC(C=O)c1ccc(Cl)c(Cl)c1. The second-order valence-corrected chi connectivity index (χ2v) is 4.37. The van der Waals surface area contributed by atoms with Crippen molar-refractivity contribution in [1.29, 1.82) is 0 Å². The zero-order chi connectivity index (χ0) is 11.3. The fraction of sp³-hybridized carbons (Fsp3) is 0.417. The van der Waals surface area contributed by atoms with Crippen molar-refractivity contribution in [3.8, 4) is 0 Å². The van der Waals surface area contributed by atoms with E-state index in [9.17, 15) is 4.79 Å². The van der Waals surface area contributed by atoms with Crippen molar-refractivity contribution in [2.24, 2.45) is 0 Å². The first-order chi connectivity index (χ1) is 7.19. The molecule has 1 aromatic rings. The van der Waals surface area contributed by atoms with Gasteiger partial charge in [-0.15, -0.1) is 0 Å². The normalized spacial score (nSPS) is 12.5. The van der Waals surface area contributed by atoms with Crippen LogP contribution < -0.4 is 0 Å². The lowest BCUT2D eigenvalue weighted by Gasteiger charge is -2.10. The van der Waals surface area contributed by atoms with Crippen molar-refractivity contribution < 1.29 is 4.79 Å². The first-order valence-corrected chi connectivity index (χ1v) is 5.84. The van der Waals surface area contributed by atoms with Crippen LogP contribution in [0, 0.1) is 0 Å². The Hall–Kier alpha value is -0.530. The van der Waals surface area contributed by atoms with Gasteiger partial charge in [0.15, 0.2) is 0 Å². The van der Waals surface area contributed by atoms with Crippen LogP contribution in [0.2, 0.25) is 10.0 Å². The highest BCUT2D eigenvalue weighted by atomic mass is 35.5. The standard InChI is InChI=1S/C12H14Cl2O/c1-2-3-4-10(8-15)9-5-6-11(13)12(14)7-9/h5-8,10H,2-4H2,1H3. The first kappa shape index (κ1) is 12.5. The zero-order valence-electron chi connectivity index (χ0n) is 8.67. The Labute approximate surface area is 100 Å². The van der Waals surface area contributed by atoms with Crippen molar-refractivity contribution >= 4 is 29.5 Å². The third-order valence-corrected chi connectivity index (χ3v) is 3.14. The summed E-state index contributed by atoms with van der Waals surface area (Å²) in [6.45, 7) is 2.11. The molecule has 0 fully saturated rings. The van der Waals surface area contributed by atoms with E-state index in [1.807, 2.05) is 6.07 Å². The van der Waals surface area contributed by atoms with E-state index in [4.69, 9.17) is 23.2 Å². The van der Waals surface area contributed by atoms with Crippen LogP contribution in [0.15, 0.2) is 18.2 Å². The molecule has 0 aliphatic rings. The molecule has 1 atom stereocenters. The van der Waals surface area contributed by atoms with Gasteiger partial charge in [-0.25, -0.2) is 0 Å². The summed E-state index contributed by atoms with van der Waals surface area (Å²) in [5.74, 6) is -0.0558. The van der Waals surface area contributed by atoms with Gasteiger partial charge in [0.1, 0.15) is 6.29 Å². The van der Waals surface area contributed by atoms with E-state index >= 15 is 0 Å². The number of hydrogen-bond donors (Lipinski definition) is 0. The van der Waals surface area contributed by atoms with Gasteiger partial charge in [0.05, 0.1) is 10.0 Å². The summed E-state index contributed by atoms with van der Waals surface area (Å²) in [6, 6.07) is 5.38. The summed E-state index contributed by atoms with van der Waals surface area (Å²) < 4.78 is 0.